The maximum atomic E-state index is 13.1. The van der Waals surface area contributed by atoms with Gasteiger partial charge in [0.1, 0.15) is 5.82 Å². The van der Waals surface area contributed by atoms with Crippen LogP contribution in [0.4, 0.5) is 10.1 Å². The lowest BCUT2D eigenvalue weighted by molar-refractivity contribution is 0.348. The molecule has 0 bridgehead atoms. The molecular formula is C12H16FN3. The summed E-state index contributed by atoms with van der Waals surface area (Å²) in [6, 6.07) is 1.58. The fraction of sp³-hybridized carbons (Fsp3) is 0.583. The van der Waals surface area contributed by atoms with Crippen LogP contribution < -0.4 is 10.2 Å². The molecule has 3 heterocycles. The normalized spacial score (nSPS) is 29.2. The van der Waals surface area contributed by atoms with Crippen molar-refractivity contribution in [2.45, 2.75) is 6.42 Å². The summed E-state index contributed by atoms with van der Waals surface area (Å²) in [4.78, 5) is 6.17. The van der Waals surface area contributed by atoms with Gasteiger partial charge in [0.15, 0.2) is 0 Å². The minimum atomic E-state index is -0.246. The van der Waals surface area contributed by atoms with Crippen LogP contribution in [-0.2, 0) is 0 Å². The third-order valence-electron chi connectivity index (χ3n) is 3.76. The number of nitrogens with zero attached hydrogens (tertiary/aromatic N) is 2. The van der Waals surface area contributed by atoms with Gasteiger partial charge in [-0.05, 0) is 31.3 Å². The summed E-state index contributed by atoms with van der Waals surface area (Å²) in [6.45, 7) is 4.31. The van der Waals surface area contributed by atoms with E-state index in [9.17, 15) is 4.39 Å². The number of aromatic nitrogens is 1. The van der Waals surface area contributed by atoms with Crippen molar-refractivity contribution in [1.29, 1.82) is 0 Å². The molecule has 1 aromatic rings. The number of fused-ring (bicyclic) bond motifs is 1. The quantitative estimate of drug-likeness (QED) is 0.774. The molecule has 2 aliphatic rings. The summed E-state index contributed by atoms with van der Waals surface area (Å²) in [7, 11) is 0. The number of anilines is 1. The summed E-state index contributed by atoms with van der Waals surface area (Å²) in [5.74, 6) is 1.29. The van der Waals surface area contributed by atoms with Gasteiger partial charge in [-0.15, -0.1) is 0 Å². The average molecular weight is 221 g/mol. The van der Waals surface area contributed by atoms with Crippen LogP contribution in [-0.4, -0.2) is 31.2 Å². The molecule has 0 radical (unpaired) electrons. The van der Waals surface area contributed by atoms with E-state index in [2.05, 4.69) is 15.2 Å². The number of pyridine rings is 1. The SMILES string of the molecule is Fc1cncc(N2CCC3CNCC3C2)c1. The third-order valence-corrected chi connectivity index (χ3v) is 3.76. The Bertz CT molecular complexity index is 382. The van der Waals surface area contributed by atoms with E-state index in [1.54, 1.807) is 12.3 Å². The van der Waals surface area contributed by atoms with Gasteiger partial charge in [0.2, 0.25) is 0 Å². The van der Waals surface area contributed by atoms with E-state index in [0.29, 0.717) is 0 Å². The van der Waals surface area contributed by atoms with Gasteiger partial charge < -0.3 is 10.2 Å². The Morgan fingerprint density at radius 3 is 3.06 bits per heavy atom. The highest BCUT2D eigenvalue weighted by Gasteiger charge is 2.32. The zero-order chi connectivity index (χ0) is 11.0. The van der Waals surface area contributed by atoms with Crippen molar-refractivity contribution in [1.82, 2.24) is 10.3 Å². The van der Waals surface area contributed by atoms with Crippen molar-refractivity contribution in [3.63, 3.8) is 0 Å². The molecule has 3 rings (SSSR count). The standard InChI is InChI=1S/C12H16FN3/c13-11-3-12(7-15-6-11)16-2-1-9-4-14-5-10(9)8-16/h3,6-7,9-10,14H,1-2,4-5,8H2. The summed E-state index contributed by atoms with van der Waals surface area (Å²) in [5.41, 5.74) is 0.922. The Labute approximate surface area is 94.7 Å². The molecule has 3 nitrogen and oxygen atoms in total. The Morgan fingerprint density at radius 1 is 1.31 bits per heavy atom. The second-order valence-electron chi connectivity index (χ2n) is 4.77. The molecule has 2 atom stereocenters. The number of halogens is 1. The van der Waals surface area contributed by atoms with Gasteiger partial charge in [-0.2, -0.15) is 0 Å². The second kappa shape index (κ2) is 4.01. The van der Waals surface area contributed by atoms with Crippen LogP contribution in [0.15, 0.2) is 18.5 Å². The molecule has 86 valence electrons. The van der Waals surface area contributed by atoms with Crippen molar-refractivity contribution in [3.05, 3.63) is 24.3 Å². The molecule has 0 spiro atoms. The highest BCUT2D eigenvalue weighted by Crippen LogP contribution is 2.29. The number of nitrogens with one attached hydrogen (secondary N) is 1. The minimum absolute atomic E-state index is 0.246. The number of piperidine rings is 1. The molecule has 0 amide bonds. The third kappa shape index (κ3) is 1.78. The van der Waals surface area contributed by atoms with E-state index >= 15 is 0 Å². The van der Waals surface area contributed by atoms with Gasteiger partial charge in [-0.25, -0.2) is 4.39 Å². The van der Waals surface area contributed by atoms with E-state index in [4.69, 9.17) is 0 Å². The molecule has 4 heteroatoms. The molecule has 1 aromatic heterocycles. The molecule has 0 saturated carbocycles. The second-order valence-corrected chi connectivity index (χ2v) is 4.77. The average Bonchev–Trinajstić information content (AvgIpc) is 2.75. The van der Waals surface area contributed by atoms with Crippen LogP contribution in [0, 0.1) is 17.7 Å². The fourth-order valence-electron chi connectivity index (χ4n) is 2.84. The molecule has 1 N–H and O–H groups in total. The van der Waals surface area contributed by atoms with Crippen LogP contribution in [0.1, 0.15) is 6.42 Å². The van der Waals surface area contributed by atoms with Gasteiger partial charge >= 0.3 is 0 Å². The first-order chi connectivity index (χ1) is 7.83. The van der Waals surface area contributed by atoms with Crippen molar-refractivity contribution in [2.75, 3.05) is 31.1 Å². The number of hydrogen-bond acceptors (Lipinski definition) is 3. The maximum absolute atomic E-state index is 13.1. The highest BCUT2D eigenvalue weighted by atomic mass is 19.1. The Kier molecular flexibility index (Phi) is 2.52. The summed E-state index contributed by atoms with van der Waals surface area (Å²) in [5, 5.41) is 3.43. The van der Waals surface area contributed by atoms with Crippen molar-refractivity contribution in [2.24, 2.45) is 11.8 Å². The summed E-state index contributed by atoms with van der Waals surface area (Å²) < 4.78 is 13.1. The van der Waals surface area contributed by atoms with E-state index in [1.165, 1.54) is 12.6 Å². The minimum Gasteiger partial charge on any atom is -0.370 e. The van der Waals surface area contributed by atoms with Crippen LogP contribution in [0.2, 0.25) is 0 Å². The lowest BCUT2D eigenvalue weighted by Crippen LogP contribution is -2.40. The largest absolute Gasteiger partial charge is 0.370 e. The van der Waals surface area contributed by atoms with Gasteiger partial charge in [-0.1, -0.05) is 0 Å². The number of hydrogen-bond donors (Lipinski definition) is 1. The molecule has 0 aliphatic carbocycles. The van der Waals surface area contributed by atoms with Crippen LogP contribution in [0.5, 0.6) is 0 Å². The zero-order valence-corrected chi connectivity index (χ0v) is 9.19. The molecule has 2 fully saturated rings. The van der Waals surface area contributed by atoms with Crippen molar-refractivity contribution < 1.29 is 4.39 Å². The zero-order valence-electron chi connectivity index (χ0n) is 9.19. The van der Waals surface area contributed by atoms with Gasteiger partial charge in [0.25, 0.3) is 0 Å². The first-order valence-electron chi connectivity index (χ1n) is 5.89. The van der Waals surface area contributed by atoms with Gasteiger partial charge in [-0.3, -0.25) is 4.98 Å². The van der Waals surface area contributed by atoms with E-state index < -0.39 is 0 Å². The predicted octanol–water partition coefficient (Wildman–Crippen LogP) is 1.27. The van der Waals surface area contributed by atoms with Crippen molar-refractivity contribution >= 4 is 5.69 Å². The van der Waals surface area contributed by atoms with Crippen LogP contribution >= 0.6 is 0 Å². The smallest absolute Gasteiger partial charge is 0.143 e. The molecular weight excluding hydrogens is 205 g/mol. The lowest BCUT2D eigenvalue weighted by Gasteiger charge is -2.35. The monoisotopic (exact) mass is 221 g/mol. The Balaban J connectivity index is 1.76. The van der Waals surface area contributed by atoms with Crippen LogP contribution in [0.25, 0.3) is 0 Å². The van der Waals surface area contributed by atoms with E-state index in [-0.39, 0.29) is 5.82 Å². The molecule has 2 aliphatic heterocycles. The van der Waals surface area contributed by atoms with E-state index in [0.717, 1.165) is 43.7 Å². The summed E-state index contributed by atoms with van der Waals surface area (Å²) in [6.07, 6.45) is 4.22. The van der Waals surface area contributed by atoms with Gasteiger partial charge in [0.05, 0.1) is 18.1 Å². The fourth-order valence-corrected chi connectivity index (χ4v) is 2.84. The summed E-state index contributed by atoms with van der Waals surface area (Å²) >= 11 is 0. The first-order valence-corrected chi connectivity index (χ1v) is 5.89. The Hall–Kier alpha value is -1.16. The molecule has 0 aromatic carbocycles. The van der Waals surface area contributed by atoms with Crippen molar-refractivity contribution in [3.8, 4) is 0 Å². The first kappa shape index (κ1) is 10.0. The molecule has 2 saturated heterocycles. The molecule has 16 heavy (non-hydrogen) atoms. The predicted molar refractivity (Wildman–Crippen MR) is 60.9 cm³/mol. The number of rotatable bonds is 1. The highest BCUT2D eigenvalue weighted by molar-refractivity contribution is 5.44. The maximum Gasteiger partial charge on any atom is 0.143 e. The Morgan fingerprint density at radius 2 is 2.19 bits per heavy atom. The molecule has 2 unspecified atom stereocenters. The topological polar surface area (TPSA) is 28.2 Å². The van der Waals surface area contributed by atoms with Gasteiger partial charge in [0, 0.05) is 19.2 Å². The van der Waals surface area contributed by atoms with E-state index in [1.807, 2.05) is 0 Å². The van der Waals surface area contributed by atoms with Crippen LogP contribution in [0.3, 0.4) is 0 Å². The lowest BCUT2D eigenvalue weighted by atomic mass is 9.88.